The maximum absolute atomic E-state index is 9.34. The third kappa shape index (κ3) is 2.46. The number of hydrogen-bond acceptors (Lipinski definition) is 2. The van der Waals surface area contributed by atoms with Gasteiger partial charge in [-0.25, -0.2) is 0 Å². The van der Waals surface area contributed by atoms with Crippen LogP contribution in [0, 0.1) is 0 Å². The van der Waals surface area contributed by atoms with Gasteiger partial charge in [-0.1, -0.05) is 6.92 Å². The fourth-order valence-electron chi connectivity index (χ4n) is 1.82. The third-order valence-electron chi connectivity index (χ3n) is 2.50. The SMILES string of the molecule is CCCN1CCC(O)CC1C. The van der Waals surface area contributed by atoms with Crippen molar-refractivity contribution in [3.63, 3.8) is 0 Å². The summed E-state index contributed by atoms with van der Waals surface area (Å²) in [5, 5.41) is 9.34. The Morgan fingerprint density at radius 2 is 2.27 bits per heavy atom. The fraction of sp³-hybridized carbons (Fsp3) is 1.00. The standard InChI is InChI=1S/C9H19NO/c1-3-5-10-6-4-9(11)7-8(10)2/h8-9,11H,3-7H2,1-2H3. The molecule has 1 N–H and O–H groups in total. The van der Waals surface area contributed by atoms with Crippen molar-refractivity contribution in [3.8, 4) is 0 Å². The van der Waals surface area contributed by atoms with Crippen LogP contribution in [0.3, 0.4) is 0 Å². The second kappa shape index (κ2) is 4.07. The van der Waals surface area contributed by atoms with E-state index in [-0.39, 0.29) is 6.10 Å². The van der Waals surface area contributed by atoms with Gasteiger partial charge in [-0.15, -0.1) is 0 Å². The molecule has 1 aliphatic rings. The van der Waals surface area contributed by atoms with Gasteiger partial charge in [0.25, 0.3) is 0 Å². The van der Waals surface area contributed by atoms with Gasteiger partial charge >= 0.3 is 0 Å². The second-order valence-corrected chi connectivity index (χ2v) is 3.56. The average molecular weight is 157 g/mol. The lowest BCUT2D eigenvalue weighted by molar-refractivity contribution is 0.0485. The number of likely N-dealkylation sites (tertiary alicyclic amines) is 1. The summed E-state index contributed by atoms with van der Waals surface area (Å²) in [6, 6.07) is 0.582. The van der Waals surface area contributed by atoms with E-state index in [2.05, 4.69) is 18.7 Å². The minimum Gasteiger partial charge on any atom is -0.393 e. The average Bonchev–Trinajstić information content (AvgIpc) is 1.95. The molecule has 0 aromatic rings. The predicted octanol–water partition coefficient (Wildman–Crippen LogP) is 1.24. The first-order valence-corrected chi connectivity index (χ1v) is 4.66. The third-order valence-corrected chi connectivity index (χ3v) is 2.50. The number of rotatable bonds is 2. The van der Waals surface area contributed by atoms with E-state index in [0.717, 1.165) is 19.4 Å². The summed E-state index contributed by atoms with van der Waals surface area (Å²) >= 11 is 0. The number of hydrogen-bond donors (Lipinski definition) is 1. The highest BCUT2D eigenvalue weighted by molar-refractivity contribution is 4.77. The lowest BCUT2D eigenvalue weighted by Crippen LogP contribution is -2.42. The molecule has 1 fully saturated rings. The largest absolute Gasteiger partial charge is 0.393 e. The summed E-state index contributed by atoms with van der Waals surface area (Å²) in [6.45, 7) is 6.68. The molecular formula is C9H19NO. The summed E-state index contributed by atoms with van der Waals surface area (Å²) < 4.78 is 0. The van der Waals surface area contributed by atoms with E-state index in [9.17, 15) is 5.11 Å². The van der Waals surface area contributed by atoms with Gasteiger partial charge in [0.15, 0.2) is 0 Å². The predicted molar refractivity (Wildman–Crippen MR) is 46.6 cm³/mol. The second-order valence-electron chi connectivity index (χ2n) is 3.56. The van der Waals surface area contributed by atoms with E-state index < -0.39 is 0 Å². The lowest BCUT2D eigenvalue weighted by atomic mass is 10.0. The van der Waals surface area contributed by atoms with Gasteiger partial charge < -0.3 is 10.0 Å². The van der Waals surface area contributed by atoms with Crippen molar-refractivity contribution in [2.24, 2.45) is 0 Å². The Hall–Kier alpha value is -0.0800. The van der Waals surface area contributed by atoms with Crippen LogP contribution >= 0.6 is 0 Å². The van der Waals surface area contributed by atoms with Gasteiger partial charge in [0.1, 0.15) is 0 Å². The van der Waals surface area contributed by atoms with E-state index in [4.69, 9.17) is 0 Å². The molecule has 11 heavy (non-hydrogen) atoms. The highest BCUT2D eigenvalue weighted by Crippen LogP contribution is 2.16. The van der Waals surface area contributed by atoms with Crippen molar-refractivity contribution >= 4 is 0 Å². The van der Waals surface area contributed by atoms with Crippen LogP contribution in [0.5, 0.6) is 0 Å². The first-order chi connectivity index (χ1) is 5.24. The smallest absolute Gasteiger partial charge is 0.0567 e. The van der Waals surface area contributed by atoms with Crippen LogP contribution in [-0.4, -0.2) is 35.2 Å². The van der Waals surface area contributed by atoms with E-state index >= 15 is 0 Å². The normalized spacial score (nSPS) is 34.1. The van der Waals surface area contributed by atoms with Crippen LogP contribution < -0.4 is 0 Å². The summed E-state index contributed by atoms with van der Waals surface area (Å²) in [4.78, 5) is 2.46. The summed E-state index contributed by atoms with van der Waals surface area (Å²) in [7, 11) is 0. The molecule has 0 aromatic carbocycles. The Labute approximate surface area is 69.2 Å². The molecule has 0 bridgehead atoms. The van der Waals surface area contributed by atoms with E-state index in [1.165, 1.54) is 13.0 Å². The van der Waals surface area contributed by atoms with Crippen molar-refractivity contribution in [3.05, 3.63) is 0 Å². The molecule has 0 aliphatic carbocycles. The molecule has 2 heteroatoms. The first-order valence-electron chi connectivity index (χ1n) is 4.66. The molecule has 2 unspecified atom stereocenters. The number of aliphatic hydroxyl groups excluding tert-OH is 1. The van der Waals surface area contributed by atoms with Crippen LogP contribution in [0.1, 0.15) is 33.1 Å². The molecular weight excluding hydrogens is 138 g/mol. The van der Waals surface area contributed by atoms with E-state index in [0.29, 0.717) is 6.04 Å². The summed E-state index contributed by atoms with van der Waals surface area (Å²) in [5.41, 5.74) is 0. The summed E-state index contributed by atoms with van der Waals surface area (Å²) in [6.07, 6.45) is 3.10. The maximum atomic E-state index is 9.34. The minimum atomic E-state index is -0.0434. The first kappa shape index (κ1) is 9.01. The molecule has 1 saturated heterocycles. The van der Waals surface area contributed by atoms with Crippen LogP contribution in [0.15, 0.2) is 0 Å². The lowest BCUT2D eigenvalue weighted by Gasteiger charge is -2.35. The maximum Gasteiger partial charge on any atom is 0.0567 e. The molecule has 0 saturated carbocycles. The van der Waals surface area contributed by atoms with Gasteiger partial charge in [-0.2, -0.15) is 0 Å². The molecule has 1 heterocycles. The van der Waals surface area contributed by atoms with E-state index in [1.807, 2.05) is 0 Å². The Morgan fingerprint density at radius 1 is 1.55 bits per heavy atom. The van der Waals surface area contributed by atoms with Crippen molar-refractivity contribution in [2.75, 3.05) is 13.1 Å². The number of piperidine rings is 1. The zero-order valence-electron chi connectivity index (χ0n) is 7.58. The molecule has 0 aromatic heterocycles. The van der Waals surface area contributed by atoms with Gasteiger partial charge in [0, 0.05) is 12.6 Å². The highest BCUT2D eigenvalue weighted by atomic mass is 16.3. The minimum absolute atomic E-state index is 0.0434. The monoisotopic (exact) mass is 157 g/mol. The van der Waals surface area contributed by atoms with Crippen LogP contribution in [-0.2, 0) is 0 Å². The number of aliphatic hydroxyl groups is 1. The molecule has 2 atom stereocenters. The number of nitrogens with zero attached hydrogens (tertiary/aromatic N) is 1. The zero-order chi connectivity index (χ0) is 8.27. The molecule has 66 valence electrons. The van der Waals surface area contributed by atoms with Crippen molar-refractivity contribution in [2.45, 2.75) is 45.3 Å². The van der Waals surface area contributed by atoms with Gasteiger partial charge in [0.05, 0.1) is 6.10 Å². The van der Waals surface area contributed by atoms with Crippen molar-refractivity contribution in [1.29, 1.82) is 0 Å². The molecule has 1 aliphatic heterocycles. The molecule has 0 amide bonds. The van der Waals surface area contributed by atoms with Crippen LogP contribution in [0.25, 0.3) is 0 Å². The van der Waals surface area contributed by atoms with Crippen molar-refractivity contribution in [1.82, 2.24) is 4.90 Å². The Bertz CT molecular complexity index is 116. The zero-order valence-corrected chi connectivity index (χ0v) is 7.58. The van der Waals surface area contributed by atoms with Gasteiger partial charge in [-0.05, 0) is 32.7 Å². The van der Waals surface area contributed by atoms with Crippen molar-refractivity contribution < 1.29 is 5.11 Å². The van der Waals surface area contributed by atoms with Gasteiger partial charge in [0.2, 0.25) is 0 Å². The Balaban J connectivity index is 2.31. The quantitative estimate of drug-likeness (QED) is 0.652. The van der Waals surface area contributed by atoms with Crippen LogP contribution in [0.4, 0.5) is 0 Å². The highest BCUT2D eigenvalue weighted by Gasteiger charge is 2.22. The van der Waals surface area contributed by atoms with Gasteiger partial charge in [-0.3, -0.25) is 0 Å². The summed E-state index contributed by atoms with van der Waals surface area (Å²) in [5.74, 6) is 0. The molecule has 0 spiro atoms. The molecule has 0 radical (unpaired) electrons. The topological polar surface area (TPSA) is 23.5 Å². The Morgan fingerprint density at radius 3 is 2.82 bits per heavy atom. The Kier molecular flexibility index (Phi) is 3.34. The molecule has 1 rings (SSSR count). The van der Waals surface area contributed by atoms with E-state index in [1.54, 1.807) is 0 Å². The van der Waals surface area contributed by atoms with Crippen LogP contribution in [0.2, 0.25) is 0 Å². The fourth-order valence-corrected chi connectivity index (χ4v) is 1.82. The molecule has 2 nitrogen and oxygen atoms in total.